The minimum Gasteiger partial charge on any atom is -0.481 e. The first-order valence-electron chi connectivity index (χ1n) is 7.36. The van der Waals surface area contributed by atoms with Crippen LogP contribution in [0.4, 0.5) is 5.69 Å². The van der Waals surface area contributed by atoms with Crippen LogP contribution in [0.2, 0.25) is 0 Å². The van der Waals surface area contributed by atoms with Gasteiger partial charge >= 0.3 is 5.97 Å². The van der Waals surface area contributed by atoms with Gasteiger partial charge in [0.25, 0.3) is 5.91 Å². The maximum absolute atomic E-state index is 13.0. The first-order valence-corrected chi connectivity index (χ1v) is 7.36. The number of carboxylic acid groups (broad SMARTS) is 1. The van der Waals surface area contributed by atoms with Gasteiger partial charge in [-0.3, -0.25) is 9.59 Å². The third kappa shape index (κ3) is 2.01. The molecular formula is C18H14N2O3. The van der Waals surface area contributed by atoms with Gasteiger partial charge in [-0.2, -0.15) is 0 Å². The molecule has 0 aliphatic carbocycles. The van der Waals surface area contributed by atoms with Crippen molar-refractivity contribution >= 4 is 28.5 Å². The molecule has 0 unspecified atom stereocenters. The molecule has 2 N–H and O–H groups in total. The topological polar surface area (TPSA) is 73.4 Å². The molecule has 114 valence electrons. The maximum Gasteiger partial charge on any atom is 0.312 e. The Hall–Kier alpha value is -3.08. The van der Waals surface area contributed by atoms with Gasteiger partial charge in [-0.15, -0.1) is 0 Å². The van der Waals surface area contributed by atoms with Crippen molar-refractivity contribution in [2.75, 3.05) is 11.4 Å². The average molecular weight is 306 g/mol. The van der Waals surface area contributed by atoms with Crippen LogP contribution < -0.4 is 4.90 Å². The molecule has 5 nitrogen and oxygen atoms in total. The minimum absolute atomic E-state index is 0.161. The zero-order valence-electron chi connectivity index (χ0n) is 12.2. The quantitative estimate of drug-likeness (QED) is 0.764. The van der Waals surface area contributed by atoms with Gasteiger partial charge in [0.15, 0.2) is 0 Å². The summed E-state index contributed by atoms with van der Waals surface area (Å²) in [5.74, 6) is -1.76. The molecule has 0 saturated carbocycles. The molecule has 0 fully saturated rings. The zero-order chi connectivity index (χ0) is 16.0. The molecule has 1 aliphatic heterocycles. The van der Waals surface area contributed by atoms with Crippen LogP contribution in [0.15, 0.2) is 54.7 Å². The molecule has 3 aromatic rings. The average Bonchev–Trinajstić information content (AvgIpc) is 3.18. The highest BCUT2D eigenvalue weighted by Gasteiger charge is 2.36. The van der Waals surface area contributed by atoms with Crippen LogP contribution in [0, 0.1) is 0 Å². The van der Waals surface area contributed by atoms with E-state index in [1.165, 1.54) is 0 Å². The van der Waals surface area contributed by atoms with Crippen molar-refractivity contribution in [3.63, 3.8) is 0 Å². The summed E-state index contributed by atoms with van der Waals surface area (Å²) < 4.78 is 0. The van der Waals surface area contributed by atoms with Gasteiger partial charge in [0, 0.05) is 34.9 Å². The lowest BCUT2D eigenvalue weighted by Gasteiger charge is -2.18. The van der Waals surface area contributed by atoms with E-state index < -0.39 is 11.9 Å². The van der Waals surface area contributed by atoms with Crippen molar-refractivity contribution in [1.82, 2.24) is 4.98 Å². The summed E-state index contributed by atoms with van der Waals surface area (Å²) in [6, 6.07) is 14.6. The largest absolute Gasteiger partial charge is 0.481 e. The molecule has 1 atom stereocenters. The number of rotatable bonds is 2. The van der Waals surface area contributed by atoms with Crippen molar-refractivity contribution < 1.29 is 14.7 Å². The molecule has 1 amide bonds. The summed E-state index contributed by atoms with van der Waals surface area (Å²) >= 11 is 0. The van der Waals surface area contributed by atoms with Crippen molar-refractivity contribution in [3.05, 3.63) is 65.9 Å². The lowest BCUT2D eigenvalue weighted by atomic mass is 10.0. The highest BCUT2D eigenvalue weighted by atomic mass is 16.4. The molecule has 23 heavy (non-hydrogen) atoms. The zero-order valence-corrected chi connectivity index (χ0v) is 12.2. The Morgan fingerprint density at radius 2 is 1.91 bits per heavy atom. The van der Waals surface area contributed by atoms with Gasteiger partial charge in [-0.1, -0.05) is 24.3 Å². The number of aliphatic carboxylic acids is 1. The van der Waals surface area contributed by atoms with E-state index in [9.17, 15) is 14.7 Å². The number of hydrogen-bond acceptors (Lipinski definition) is 2. The van der Waals surface area contributed by atoms with Crippen molar-refractivity contribution in [2.45, 2.75) is 5.92 Å². The number of anilines is 1. The molecule has 0 radical (unpaired) electrons. The van der Waals surface area contributed by atoms with E-state index >= 15 is 0 Å². The normalized spacial score (nSPS) is 16.5. The molecule has 0 bridgehead atoms. The smallest absolute Gasteiger partial charge is 0.312 e. The Bertz CT molecular complexity index is 929. The van der Waals surface area contributed by atoms with Crippen LogP contribution in [0.25, 0.3) is 10.9 Å². The van der Waals surface area contributed by atoms with E-state index in [1.807, 2.05) is 24.3 Å². The Morgan fingerprint density at radius 3 is 2.74 bits per heavy atom. The third-order valence-electron chi connectivity index (χ3n) is 4.34. The number of fused-ring (bicyclic) bond motifs is 2. The van der Waals surface area contributed by atoms with E-state index in [0.717, 1.165) is 10.9 Å². The van der Waals surface area contributed by atoms with Crippen LogP contribution >= 0.6 is 0 Å². The summed E-state index contributed by atoms with van der Waals surface area (Å²) in [6.45, 7) is 0.161. The predicted octanol–water partition coefficient (Wildman–Crippen LogP) is 3.00. The fraction of sp³-hybridized carbons (Fsp3) is 0.111. The molecule has 5 heteroatoms. The van der Waals surface area contributed by atoms with Crippen LogP contribution in [0.1, 0.15) is 21.8 Å². The fourth-order valence-corrected chi connectivity index (χ4v) is 3.23. The van der Waals surface area contributed by atoms with E-state index in [4.69, 9.17) is 0 Å². The molecule has 2 heterocycles. The number of para-hydroxylation sites is 1. The Kier molecular flexibility index (Phi) is 2.94. The van der Waals surface area contributed by atoms with E-state index in [1.54, 1.807) is 35.4 Å². The van der Waals surface area contributed by atoms with Gasteiger partial charge in [0.05, 0.1) is 0 Å². The van der Waals surface area contributed by atoms with E-state index in [2.05, 4.69) is 4.98 Å². The number of nitrogens with one attached hydrogen (secondary N) is 1. The van der Waals surface area contributed by atoms with Gasteiger partial charge in [-0.25, -0.2) is 0 Å². The van der Waals surface area contributed by atoms with Crippen LogP contribution in [0.3, 0.4) is 0 Å². The standard InChI is InChI=1S/C18H14N2O3/c21-17(13-5-3-6-15-11(13)8-9-19-15)20-10-14(18(22)23)12-4-1-2-7-16(12)20/h1-9,14,19H,10H2,(H,22,23)/t14-/m1/s1. The molecule has 4 rings (SSSR count). The molecule has 1 aromatic heterocycles. The van der Waals surface area contributed by atoms with Crippen molar-refractivity contribution in [2.24, 2.45) is 0 Å². The summed E-state index contributed by atoms with van der Waals surface area (Å²) in [5, 5.41) is 10.3. The number of aromatic nitrogens is 1. The molecule has 0 saturated heterocycles. The molecule has 2 aromatic carbocycles. The first kappa shape index (κ1) is 13.6. The van der Waals surface area contributed by atoms with Crippen LogP contribution in [-0.2, 0) is 4.79 Å². The number of amides is 1. The summed E-state index contributed by atoms with van der Waals surface area (Å²) in [6.07, 6.45) is 1.79. The number of nitrogens with zero attached hydrogens (tertiary/aromatic N) is 1. The van der Waals surface area contributed by atoms with E-state index in [0.29, 0.717) is 16.8 Å². The highest BCUT2D eigenvalue weighted by molar-refractivity contribution is 6.15. The second-order valence-corrected chi connectivity index (χ2v) is 5.61. The molecule has 0 spiro atoms. The third-order valence-corrected chi connectivity index (χ3v) is 4.34. The second-order valence-electron chi connectivity index (χ2n) is 5.61. The minimum atomic E-state index is -0.910. The number of carbonyl (C=O) groups excluding carboxylic acids is 1. The Labute approximate surface area is 132 Å². The summed E-state index contributed by atoms with van der Waals surface area (Å²) in [5.41, 5.74) is 2.83. The van der Waals surface area contributed by atoms with Crippen LogP contribution in [0.5, 0.6) is 0 Å². The summed E-state index contributed by atoms with van der Waals surface area (Å²) in [7, 11) is 0. The van der Waals surface area contributed by atoms with Crippen LogP contribution in [-0.4, -0.2) is 28.5 Å². The van der Waals surface area contributed by atoms with Crippen molar-refractivity contribution in [3.8, 4) is 0 Å². The van der Waals surface area contributed by atoms with Gasteiger partial charge in [0.1, 0.15) is 5.92 Å². The lowest BCUT2D eigenvalue weighted by Crippen LogP contribution is -2.31. The lowest BCUT2D eigenvalue weighted by molar-refractivity contribution is -0.138. The SMILES string of the molecule is O=C(O)[C@@H]1CN(C(=O)c2cccc3[nH]ccc23)c2ccccc21. The second kappa shape index (κ2) is 4.98. The monoisotopic (exact) mass is 306 g/mol. The van der Waals surface area contributed by atoms with Gasteiger partial charge < -0.3 is 15.0 Å². The maximum atomic E-state index is 13.0. The Balaban J connectivity index is 1.81. The Morgan fingerprint density at radius 1 is 1.09 bits per heavy atom. The number of carboxylic acids is 1. The molecular weight excluding hydrogens is 292 g/mol. The number of aromatic amines is 1. The number of hydrogen-bond donors (Lipinski definition) is 2. The van der Waals surface area contributed by atoms with Gasteiger partial charge in [-0.05, 0) is 29.8 Å². The predicted molar refractivity (Wildman–Crippen MR) is 86.8 cm³/mol. The fourth-order valence-electron chi connectivity index (χ4n) is 3.23. The van der Waals surface area contributed by atoms with E-state index in [-0.39, 0.29) is 12.5 Å². The van der Waals surface area contributed by atoms with Crippen molar-refractivity contribution in [1.29, 1.82) is 0 Å². The molecule has 1 aliphatic rings. The number of benzene rings is 2. The number of carbonyl (C=O) groups is 2. The first-order chi connectivity index (χ1) is 11.2. The van der Waals surface area contributed by atoms with Gasteiger partial charge in [0.2, 0.25) is 0 Å². The number of H-pyrrole nitrogens is 1. The summed E-state index contributed by atoms with van der Waals surface area (Å²) in [4.78, 5) is 29.2. The highest BCUT2D eigenvalue weighted by Crippen LogP contribution is 2.37.